The summed E-state index contributed by atoms with van der Waals surface area (Å²) in [5.74, 6) is -1.49. The number of aliphatic carboxylic acids is 1. The van der Waals surface area contributed by atoms with Crippen molar-refractivity contribution in [2.24, 2.45) is 5.73 Å². The van der Waals surface area contributed by atoms with Crippen molar-refractivity contribution < 1.29 is 24.2 Å². The van der Waals surface area contributed by atoms with Crippen molar-refractivity contribution >= 4 is 17.8 Å². The van der Waals surface area contributed by atoms with E-state index in [9.17, 15) is 19.5 Å². The summed E-state index contributed by atoms with van der Waals surface area (Å²) in [5.41, 5.74) is 5.48. The van der Waals surface area contributed by atoms with Crippen molar-refractivity contribution in [3.63, 3.8) is 0 Å². The van der Waals surface area contributed by atoms with Crippen LogP contribution in [0.3, 0.4) is 0 Å². The molecule has 0 saturated heterocycles. The first-order valence-corrected chi connectivity index (χ1v) is 18.6. The molecule has 4 N–H and O–H groups in total. The molecule has 0 bridgehead atoms. The molecular weight excluding hydrogens is 588 g/mol. The highest BCUT2D eigenvalue weighted by molar-refractivity contribution is 5.83. The third-order valence-electron chi connectivity index (χ3n) is 7.83. The van der Waals surface area contributed by atoms with Gasteiger partial charge in [-0.05, 0) is 83.2 Å². The molecule has 0 aromatic heterocycles. The number of hydrogen-bond acceptors (Lipinski definition) is 5. The number of rotatable bonds is 32. The summed E-state index contributed by atoms with van der Waals surface area (Å²) in [6.07, 6.45) is 41.2. The molecule has 0 heterocycles. The largest absolute Gasteiger partial charge is 0.480 e. The van der Waals surface area contributed by atoms with Gasteiger partial charge in [-0.25, -0.2) is 4.79 Å². The minimum atomic E-state index is -1.04. The van der Waals surface area contributed by atoms with Crippen LogP contribution in [-0.2, 0) is 19.1 Å². The molecule has 268 valence electrons. The van der Waals surface area contributed by atoms with Gasteiger partial charge in [0.05, 0.1) is 0 Å². The summed E-state index contributed by atoms with van der Waals surface area (Å²) >= 11 is 0. The van der Waals surface area contributed by atoms with Crippen molar-refractivity contribution in [2.45, 2.75) is 167 Å². The number of carboxylic acids is 1. The maximum absolute atomic E-state index is 12.6. The lowest BCUT2D eigenvalue weighted by molar-refractivity contribution is -0.147. The van der Waals surface area contributed by atoms with Crippen LogP contribution in [0.4, 0.5) is 0 Å². The van der Waals surface area contributed by atoms with Crippen molar-refractivity contribution in [2.75, 3.05) is 6.54 Å². The first kappa shape index (κ1) is 44.1. The Morgan fingerprint density at radius 2 is 1.15 bits per heavy atom. The molecule has 0 aromatic rings. The molecule has 0 aliphatic heterocycles. The number of nitrogens with one attached hydrogen (secondary N) is 1. The molecule has 1 amide bonds. The van der Waals surface area contributed by atoms with Gasteiger partial charge >= 0.3 is 11.9 Å². The molecule has 0 aliphatic carbocycles. The summed E-state index contributed by atoms with van der Waals surface area (Å²) in [7, 11) is 0. The van der Waals surface area contributed by atoms with Crippen LogP contribution in [0.25, 0.3) is 0 Å². The van der Waals surface area contributed by atoms with Crippen LogP contribution in [-0.4, -0.2) is 41.6 Å². The second kappa shape index (κ2) is 34.4. The minimum Gasteiger partial charge on any atom is -0.480 e. The van der Waals surface area contributed by atoms with Gasteiger partial charge in [0.25, 0.3) is 0 Å². The van der Waals surface area contributed by atoms with Crippen molar-refractivity contribution in [1.82, 2.24) is 5.32 Å². The standard InChI is InChI=1S/C40H68N2O5/c1-3-5-7-9-11-13-15-16-17-18-19-21-23-25-30-36(31-27-28-33-38(43)42-37(40(45)46)32-29-35-41)47-39(44)34-26-24-22-20-14-12-10-8-6-4-2/h5,7,11,13,16-17,19,21,25,30,36-37H,3-4,6,8-10,12,14-15,18,20,22-24,26-29,31-35,41H2,1-2H3,(H,42,43)(H,45,46)/b7-5-,13-11-,17-16-,21-19-,30-25-. The van der Waals surface area contributed by atoms with E-state index in [1.165, 1.54) is 44.9 Å². The van der Waals surface area contributed by atoms with E-state index in [0.717, 1.165) is 51.4 Å². The average Bonchev–Trinajstić information content (AvgIpc) is 3.05. The van der Waals surface area contributed by atoms with Crippen LogP contribution >= 0.6 is 0 Å². The van der Waals surface area contributed by atoms with E-state index in [-0.39, 0.29) is 24.4 Å². The Balaban J connectivity index is 4.63. The van der Waals surface area contributed by atoms with E-state index in [1.807, 2.05) is 12.2 Å². The molecule has 0 aliphatic rings. The maximum Gasteiger partial charge on any atom is 0.326 e. The highest BCUT2D eigenvalue weighted by Crippen LogP contribution is 2.14. The predicted octanol–water partition coefficient (Wildman–Crippen LogP) is 9.83. The first-order valence-electron chi connectivity index (χ1n) is 18.6. The lowest BCUT2D eigenvalue weighted by atomic mass is 10.1. The van der Waals surface area contributed by atoms with Gasteiger partial charge in [0.15, 0.2) is 0 Å². The summed E-state index contributed by atoms with van der Waals surface area (Å²) in [5, 5.41) is 11.9. The molecule has 0 aromatic carbocycles. The van der Waals surface area contributed by atoms with E-state index in [4.69, 9.17) is 10.5 Å². The van der Waals surface area contributed by atoms with Crippen LogP contribution in [0.2, 0.25) is 0 Å². The van der Waals surface area contributed by atoms with Crippen LogP contribution in [0, 0.1) is 0 Å². The Bertz CT molecular complexity index is 922. The number of carbonyl (C=O) groups is 3. The summed E-state index contributed by atoms with van der Waals surface area (Å²) in [4.78, 5) is 36.3. The van der Waals surface area contributed by atoms with E-state index in [2.05, 4.69) is 67.8 Å². The fourth-order valence-electron chi connectivity index (χ4n) is 5.04. The molecule has 47 heavy (non-hydrogen) atoms. The van der Waals surface area contributed by atoms with Crippen molar-refractivity contribution in [3.8, 4) is 0 Å². The van der Waals surface area contributed by atoms with Crippen LogP contribution < -0.4 is 11.1 Å². The van der Waals surface area contributed by atoms with Gasteiger partial charge in [-0.15, -0.1) is 0 Å². The molecule has 0 saturated carbocycles. The SMILES string of the molecule is CC/C=C\C/C=C\C/C=C\C/C=C\C/C=C\C(CCCCC(=O)NC(CCCN)C(=O)O)OC(=O)CCCCCCCCCCCC. The van der Waals surface area contributed by atoms with Crippen LogP contribution in [0.1, 0.15) is 155 Å². The average molecular weight is 657 g/mol. The minimum absolute atomic E-state index is 0.169. The number of unbranched alkanes of at least 4 members (excludes halogenated alkanes) is 10. The molecule has 0 rings (SSSR count). The second-order valence-corrected chi connectivity index (χ2v) is 12.3. The number of nitrogens with two attached hydrogens (primary N) is 1. The molecule has 7 nitrogen and oxygen atoms in total. The van der Waals surface area contributed by atoms with Gasteiger partial charge in [-0.3, -0.25) is 9.59 Å². The zero-order valence-electron chi connectivity index (χ0n) is 29.8. The Labute approximate surface area is 287 Å². The summed E-state index contributed by atoms with van der Waals surface area (Å²) in [6, 6.07) is -0.910. The molecule has 7 heteroatoms. The van der Waals surface area contributed by atoms with Crippen molar-refractivity contribution in [3.05, 3.63) is 60.8 Å². The predicted molar refractivity (Wildman–Crippen MR) is 197 cm³/mol. The smallest absolute Gasteiger partial charge is 0.326 e. The highest BCUT2D eigenvalue weighted by Gasteiger charge is 2.19. The molecular formula is C40H68N2O5. The van der Waals surface area contributed by atoms with Gasteiger partial charge in [0.2, 0.25) is 5.91 Å². The molecule has 2 unspecified atom stereocenters. The van der Waals surface area contributed by atoms with E-state index in [1.54, 1.807) is 0 Å². The van der Waals surface area contributed by atoms with E-state index >= 15 is 0 Å². The van der Waals surface area contributed by atoms with Gasteiger partial charge in [-0.2, -0.15) is 0 Å². The Morgan fingerprint density at radius 3 is 1.68 bits per heavy atom. The third-order valence-corrected chi connectivity index (χ3v) is 7.83. The number of hydrogen-bond donors (Lipinski definition) is 3. The fraction of sp³-hybridized carbons (Fsp3) is 0.675. The quantitative estimate of drug-likeness (QED) is 0.0377. The van der Waals surface area contributed by atoms with Gasteiger partial charge in [-0.1, -0.05) is 126 Å². The Kier molecular flexibility index (Phi) is 32.3. The molecule has 0 spiro atoms. The van der Waals surface area contributed by atoms with Gasteiger partial charge in [0.1, 0.15) is 12.1 Å². The number of ether oxygens (including phenoxy) is 1. The van der Waals surface area contributed by atoms with Crippen molar-refractivity contribution in [1.29, 1.82) is 0 Å². The number of esters is 1. The number of allylic oxidation sites excluding steroid dienone is 9. The third kappa shape index (κ3) is 31.4. The lowest BCUT2D eigenvalue weighted by Gasteiger charge is -2.16. The normalized spacial score (nSPS) is 13.4. The van der Waals surface area contributed by atoms with Crippen LogP contribution in [0.15, 0.2) is 60.8 Å². The number of carboxylic acid groups (broad SMARTS) is 1. The molecule has 2 atom stereocenters. The fourth-order valence-corrected chi connectivity index (χ4v) is 5.04. The van der Waals surface area contributed by atoms with Crippen LogP contribution in [0.5, 0.6) is 0 Å². The van der Waals surface area contributed by atoms with Gasteiger partial charge < -0.3 is 20.9 Å². The second-order valence-electron chi connectivity index (χ2n) is 12.3. The van der Waals surface area contributed by atoms with Gasteiger partial charge in [0, 0.05) is 12.8 Å². The number of amides is 1. The summed E-state index contributed by atoms with van der Waals surface area (Å²) < 4.78 is 5.83. The zero-order chi connectivity index (χ0) is 34.6. The zero-order valence-corrected chi connectivity index (χ0v) is 29.8. The van der Waals surface area contributed by atoms with E-state index in [0.29, 0.717) is 45.1 Å². The first-order chi connectivity index (χ1) is 22.9. The Hall–Kier alpha value is -2.93. The molecule has 0 fully saturated rings. The lowest BCUT2D eigenvalue weighted by Crippen LogP contribution is -2.40. The maximum atomic E-state index is 12.6. The van der Waals surface area contributed by atoms with E-state index < -0.39 is 12.0 Å². The Morgan fingerprint density at radius 1 is 0.638 bits per heavy atom. The monoisotopic (exact) mass is 657 g/mol. The molecule has 0 radical (unpaired) electrons. The highest BCUT2D eigenvalue weighted by atomic mass is 16.5. The summed E-state index contributed by atoms with van der Waals surface area (Å²) in [6.45, 7) is 4.76. The topological polar surface area (TPSA) is 119 Å². The number of carbonyl (C=O) groups excluding carboxylic acids is 2.